The third-order valence-electron chi connectivity index (χ3n) is 4.27. The number of halogens is 1. The van der Waals surface area contributed by atoms with Gasteiger partial charge in [-0.25, -0.2) is 0 Å². The molecule has 126 valence electrons. The lowest BCUT2D eigenvalue weighted by Gasteiger charge is -2.46. The molecule has 0 bridgehead atoms. The molecule has 0 unspecified atom stereocenters. The largest absolute Gasteiger partial charge is 0.493 e. The molecule has 0 aromatic heterocycles. The molecule has 24 heavy (non-hydrogen) atoms. The van der Waals surface area contributed by atoms with E-state index in [-0.39, 0.29) is 11.9 Å². The summed E-state index contributed by atoms with van der Waals surface area (Å²) in [4.78, 5) is 14.0. The first-order valence-electron chi connectivity index (χ1n) is 7.58. The lowest BCUT2D eigenvalue weighted by Crippen LogP contribution is -2.62. The summed E-state index contributed by atoms with van der Waals surface area (Å²) in [7, 11) is 3.17. The number of hydrogen-bond acceptors (Lipinski definition) is 4. The Morgan fingerprint density at radius 1 is 1.12 bits per heavy atom. The minimum absolute atomic E-state index is 0.0882. The van der Waals surface area contributed by atoms with Gasteiger partial charge in [-0.2, -0.15) is 0 Å². The van der Waals surface area contributed by atoms with Gasteiger partial charge in [0.25, 0.3) is 0 Å². The zero-order valence-corrected chi connectivity index (χ0v) is 14.3. The standard InChI is InChI=1S/C18H19ClN2O3/c1-23-14-8-7-11(9-15(14)24-2)10-21-17(16(20)18(21)22)12-5-3-4-6-13(12)19/h3-9,16-17H,10,20H2,1-2H3/t16-,17-/m1/s1. The van der Waals surface area contributed by atoms with Crippen molar-refractivity contribution in [1.29, 1.82) is 0 Å². The highest BCUT2D eigenvalue weighted by atomic mass is 35.5. The predicted octanol–water partition coefficient (Wildman–Crippen LogP) is 2.77. The number of likely N-dealkylation sites (tertiary alicyclic amines) is 1. The Morgan fingerprint density at radius 3 is 2.50 bits per heavy atom. The summed E-state index contributed by atoms with van der Waals surface area (Å²) in [5.41, 5.74) is 7.82. The summed E-state index contributed by atoms with van der Waals surface area (Å²) in [5, 5.41) is 0.614. The third kappa shape index (κ3) is 2.81. The fraction of sp³-hybridized carbons (Fsp3) is 0.278. The quantitative estimate of drug-likeness (QED) is 0.845. The van der Waals surface area contributed by atoms with Crippen LogP contribution in [0.3, 0.4) is 0 Å². The Balaban J connectivity index is 1.86. The Kier molecular flexibility index (Phi) is 4.64. The predicted molar refractivity (Wildman–Crippen MR) is 92.3 cm³/mol. The topological polar surface area (TPSA) is 64.8 Å². The van der Waals surface area contributed by atoms with E-state index in [1.54, 1.807) is 25.2 Å². The second-order valence-electron chi connectivity index (χ2n) is 5.65. The van der Waals surface area contributed by atoms with Crippen LogP contribution in [0, 0.1) is 0 Å². The van der Waals surface area contributed by atoms with Crippen LogP contribution in [0.25, 0.3) is 0 Å². The van der Waals surface area contributed by atoms with E-state index in [0.29, 0.717) is 23.1 Å². The first-order chi connectivity index (χ1) is 11.6. The van der Waals surface area contributed by atoms with Gasteiger partial charge >= 0.3 is 0 Å². The molecular weight excluding hydrogens is 328 g/mol. The van der Waals surface area contributed by atoms with E-state index in [2.05, 4.69) is 0 Å². The molecule has 1 heterocycles. The molecular formula is C18H19ClN2O3. The molecule has 6 heteroatoms. The van der Waals surface area contributed by atoms with Crippen molar-refractivity contribution in [2.75, 3.05) is 14.2 Å². The van der Waals surface area contributed by atoms with E-state index in [4.69, 9.17) is 26.8 Å². The van der Waals surface area contributed by atoms with Gasteiger partial charge < -0.3 is 20.1 Å². The zero-order chi connectivity index (χ0) is 17.3. The maximum atomic E-state index is 12.2. The van der Waals surface area contributed by atoms with Crippen molar-refractivity contribution in [3.63, 3.8) is 0 Å². The number of carbonyl (C=O) groups is 1. The molecule has 3 rings (SSSR count). The molecule has 0 aliphatic carbocycles. The minimum Gasteiger partial charge on any atom is -0.493 e. The number of methoxy groups -OCH3 is 2. The Labute approximate surface area is 145 Å². The van der Waals surface area contributed by atoms with E-state index in [1.165, 1.54) is 0 Å². The summed E-state index contributed by atoms with van der Waals surface area (Å²) in [6.45, 7) is 0.433. The van der Waals surface area contributed by atoms with E-state index in [9.17, 15) is 4.79 Å². The Morgan fingerprint density at radius 2 is 1.83 bits per heavy atom. The molecule has 1 aliphatic rings. The van der Waals surface area contributed by atoms with Crippen LogP contribution in [0.4, 0.5) is 0 Å². The van der Waals surface area contributed by atoms with Crippen LogP contribution in [0.1, 0.15) is 17.2 Å². The lowest BCUT2D eigenvalue weighted by atomic mass is 9.88. The maximum Gasteiger partial charge on any atom is 0.242 e. The summed E-state index contributed by atoms with van der Waals surface area (Å²) >= 11 is 6.27. The number of ether oxygens (including phenoxy) is 2. The summed E-state index contributed by atoms with van der Waals surface area (Å²) in [5.74, 6) is 1.19. The average molecular weight is 347 g/mol. The molecule has 2 aromatic rings. The first kappa shape index (κ1) is 16.6. The SMILES string of the molecule is COc1ccc(CN2C(=O)[C@H](N)[C@H]2c2ccccc2Cl)cc1OC. The highest BCUT2D eigenvalue weighted by Crippen LogP contribution is 2.39. The van der Waals surface area contributed by atoms with Crippen molar-refractivity contribution in [1.82, 2.24) is 4.90 Å². The van der Waals surface area contributed by atoms with E-state index >= 15 is 0 Å². The van der Waals surface area contributed by atoms with Crippen LogP contribution in [-0.2, 0) is 11.3 Å². The van der Waals surface area contributed by atoms with E-state index in [0.717, 1.165) is 11.1 Å². The van der Waals surface area contributed by atoms with Gasteiger partial charge in [-0.15, -0.1) is 0 Å². The van der Waals surface area contributed by atoms with Crippen LogP contribution in [0.15, 0.2) is 42.5 Å². The number of nitrogens with zero attached hydrogens (tertiary/aromatic N) is 1. The minimum atomic E-state index is -0.565. The number of amides is 1. The monoisotopic (exact) mass is 346 g/mol. The summed E-state index contributed by atoms with van der Waals surface area (Å²) < 4.78 is 10.6. The van der Waals surface area contributed by atoms with Crippen molar-refractivity contribution < 1.29 is 14.3 Å². The molecule has 1 aliphatic heterocycles. The normalized spacial score (nSPS) is 19.8. The molecule has 0 saturated carbocycles. The molecule has 0 spiro atoms. The Bertz CT molecular complexity index is 766. The smallest absolute Gasteiger partial charge is 0.242 e. The van der Waals surface area contributed by atoms with Gasteiger partial charge in [0.2, 0.25) is 5.91 Å². The van der Waals surface area contributed by atoms with Gasteiger partial charge in [-0.05, 0) is 29.3 Å². The van der Waals surface area contributed by atoms with Crippen LogP contribution in [0.5, 0.6) is 11.5 Å². The molecule has 2 aromatic carbocycles. The van der Waals surface area contributed by atoms with Crippen molar-refractivity contribution in [2.45, 2.75) is 18.6 Å². The summed E-state index contributed by atoms with van der Waals surface area (Å²) in [6.07, 6.45) is 0. The molecule has 1 amide bonds. The average Bonchev–Trinajstić information content (AvgIpc) is 2.62. The number of β-lactam (4-membered cyclic amide) rings is 1. The molecule has 2 N–H and O–H groups in total. The van der Waals surface area contributed by atoms with Crippen molar-refractivity contribution in [3.05, 3.63) is 58.6 Å². The second-order valence-corrected chi connectivity index (χ2v) is 6.05. The van der Waals surface area contributed by atoms with Crippen LogP contribution >= 0.6 is 11.6 Å². The highest BCUT2D eigenvalue weighted by Gasteiger charge is 2.46. The number of carbonyl (C=O) groups excluding carboxylic acids is 1. The van der Waals surface area contributed by atoms with Gasteiger partial charge in [0.1, 0.15) is 6.04 Å². The van der Waals surface area contributed by atoms with Gasteiger partial charge in [0.05, 0.1) is 20.3 Å². The van der Waals surface area contributed by atoms with Crippen LogP contribution < -0.4 is 15.2 Å². The van der Waals surface area contributed by atoms with Gasteiger partial charge in [0, 0.05) is 11.6 Å². The van der Waals surface area contributed by atoms with Crippen molar-refractivity contribution in [3.8, 4) is 11.5 Å². The fourth-order valence-corrected chi connectivity index (χ4v) is 3.25. The van der Waals surface area contributed by atoms with E-state index < -0.39 is 6.04 Å². The number of hydrogen-bond donors (Lipinski definition) is 1. The van der Waals surface area contributed by atoms with Gasteiger partial charge in [0.15, 0.2) is 11.5 Å². The molecule has 1 fully saturated rings. The molecule has 0 radical (unpaired) electrons. The van der Waals surface area contributed by atoms with Crippen LogP contribution in [0.2, 0.25) is 5.02 Å². The Hall–Kier alpha value is -2.24. The highest BCUT2D eigenvalue weighted by molar-refractivity contribution is 6.31. The van der Waals surface area contributed by atoms with Crippen molar-refractivity contribution >= 4 is 17.5 Å². The summed E-state index contributed by atoms with van der Waals surface area (Å²) in [6, 6.07) is 12.3. The molecule has 1 saturated heterocycles. The zero-order valence-electron chi connectivity index (χ0n) is 13.5. The van der Waals surface area contributed by atoms with E-state index in [1.807, 2.05) is 36.4 Å². The number of rotatable bonds is 5. The van der Waals surface area contributed by atoms with Crippen molar-refractivity contribution in [2.24, 2.45) is 5.73 Å². The van der Waals surface area contributed by atoms with Gasteiger partial charge in [-0.1, -0.05) is 35.9 Å². The fourth-order valence-electron chi connectivity index (χ4n) is 3.00. The molecule has 2 atom stereocenters. The lowest BCUT2D eigenvalue weighted by molar-refractivity contribution is -0.150. The van der Waals surface area contributed by atoms with Gasteiger partial charge in [-0.3, -0.25) is 4.79 Å². The maximum absolute atomic E-state index is 12.2. The van der Waals surface area contributed by atoms with Crippen LogP contribution in [-0.4, -0.2) is 31.1 Å². The second kappa shape index (κ2) is 6.71. The first-order valence-corrected chi connectivity index (χ1v) is 7.96. The number of nitrogens with two attached hydrogens (primary N) is 1. The number of benzene rings is 2. The third-order valence-corrected chi connectivity index (χ3v) is 4.61. The molecule has 5 nitrogen and oxygen atoms in total.